The van der Waals surface area contributed by atoms with Gasteiger partial charge in [0.05, 0.1) is 12.1 Å². The minimum Gasteiger partial charge on any atom is -0.383 e. The maximum absolute atomic E-state index is 13.3. The van der Waals surface area contributed by atoms with Crippen molar-refractivity contribution in [1.82, 2.24) is 20.0 Å². The first kappa shape index (κ1) is 18.4. The zero-order valence-electron chi connectivity index (χ0n) is 16.2. The molecule has 6 heteroatoms. The Morgan fingerprint density at radius 1 is 1.26 bits per heavy atom. The van der Waals surface area contributed by atoms with Crippen LogP contribution in [0.4, 0.5) is 0 Å². The summed E-state index contributed by atoms with van der Waals surface area (Å²) < 4.78 is 5.29. The van der Waals surface area contributed by atoms with E-state index in [9.17, 15) is 4.79 Å². The molecule has 0 spiro atoms. The van der Waals surface area contributed by atoms with Crippen molar-refractivity contribution < 1.29 is 9.53 Å². The molecule has 6 nitrogen and oxygen atoms in total. The fourth-order valence-electron chi connectivity index (χ4n) is 4.83. The maximum atomic E-state index is 13.3. The molecule has 2 atom stereocenters. The molecule has 1 aromatic heterocycles. The van der Waals surface area contributed by atoms with E-state index in [2.05, 4.69) is 15.1 Å². The van der Waals surface area contributed by atoms with E-state index >= 15 is 0 Å². The number of amides is 1. The van der Waals surface area contributed by atoms with E-state index in [1.165, 1.54) is 45.2 Å². The quantitative estimate of drug-likeness (QED) is 0.849. The van der Waals surface area contributed by atoms with Crippen LogP contribution < -0.4 is 0 Å². The number of nitrogens with zero attached hydrogens (tertiary/aromatic N) is 3. The van der Waals surface area contributed by atoms with Gasteiger partial charge in [0, 0.05) is 31.6 Å². The number of benzene rings is 1. The Hall–Kier alpha value is -1.92. The Kier molecular flexibility index (Phi) is 5.74. The molecule has 2 aliphatic rings. The fraction of sp³-hybridized carbons (Fsp3) is 0.619. The maximum Gasteiger partial charge on any atom is 0.275 e. The van der Waals surface area contributed by atoms with Crippen molar-refractivity contribution in [2.24, 2.45) is 5.92 Å². The van der Waals surface area contributed by atoms with Gasteiger partial charge in [-0.05, 0) is 50.8 Å². The summed E-state index contributed by atoms with van der Waals surface area (Å²) in [7, 11) is 1.69. The van der Waals surface area contributed by atoms with E-state index < -0.39 is 0 Å². The van der Waals surface area contributed by atoms with Gasteiger partial charge in [0.1, 0.15) is 0 Å². The van der Waals surface area contributed by atoms with Crippen LogP contribution in [-0.2, 0) is 4.74 Å². The summed E-state index contributed by atoms with van der Waals surface area (Å²) >= 11 is 0. The van der Waals surface area contributed by atoms with Crippen LogP contribution in [0.3, 0.4) is 0 Å². The van der Waals surface area contributed by atoms with Gasteiger partial charge in [0.25, 0.3) is 5.91 Å². The molecule has 146 valence electrons. The van der Waals surface area contributed by atoms with Crippen molar-refractivity contribution in [3.63, 3.8) is 0 Å². The Labute approximate surface area is 160 Å². The number of piperidine rings is 2. The standard InChI is InChI=1S/C21H30N4O2/c1-27-14-13-25(15-16-7-6-12-24-11-5-4-10-19(16)24)21(26)20-17-8-2-3-9-18(17)22-23-20/h2-3,8-9,16,19H,4-7,10-15H2,1H3,(H,22,23)/t16-,19+/m1/s1. The van der Waals surface area contributed by atoms with Crippen LogP contribution in [0.15, 0.2) is 24.3 Å². The molecular weight excluding hydrogens is 340 g/mol. The highest BCUT2D eigenvalue weighted by Crippen LogP contribution is 2.31. The first-order valence-corrected chi connectivity index (χ1v) is 10.2. The summed E-state index contributed by atoms with van der Waals surface area (Å²) in [6.07, 6.45) is 6.34. The lowest BCUT2D eigenvalue weighted by Crippen LogP contribution is -2.52. The van der Waals surface area contributed by atoms with E-state index in [0.717, 1.165) is 17.4 Å². The number of nitrogens with one attached hydrogen (secondary N) is 1. The predicted molar refractivity (Wildman–Crippen MR) is 106 cm³/mol. The van der Waals surface area contributed by atoms with E-state index in [4.69, 9.17) is 4.74 Å². The zero-order chi connectivity index (χ0) is 18.6. The highest BCUT2D eigenvalue weighted by Gasteiger charge is 2.35. The number of ether oxygens (including phenoxy) is 1. The number of carbonyl (C=O) groups is 1. The third kappa shape index (κ3) is 3.87. The lowest BCUT2D eigenvalue weighted by molar-refractivity contribution is 0.0314. The molecule has 1 N–H and O–H groups in total. The van der Waals surface area contributed by atoms with Crippen molar-refractivity contribution >= 4 is 16.8 Å². The van der Waals surface area contributed by atoms with Crippen molar-refractivity contribution in [2.45, 2.75) is 38.1 Å². The third-order valence-corrected chi connectivity index (χ3v) is 6.21. The van der Waals surface area contributed by atoms with Crippen molar-refractivity contribution in [2.75, 3.05) is 39.9 Å². The molecule has 0 bridgehead atoms. The summed E-state index contributed by atoms with van der Waals surface area (Å²) in [4.78, 5) is 18.0. The van der Waals surface area contributed by atoms with E-state index in [0.29, 0.717) is 30.8 Å². The normalized spacial score (nSPS) is 23.3. The van der Waals surface area contributed by atoms with Gasteiger partial charge in [-0.25, -0.2) is 0 Å². The third-order valence-electron chi connectivity index (χ3n) is 6.21. The molecule has 0 aliphatic carbocycles. The van der Waals surface area contributed by atoms with Crippen LogP contribution in [0.1, 0.15) is 42.6 Å². The summed E-state index contributed by atoms with van der Waals surface area (Å²) in [5.74, 6) is 0.558. The number of aromatic nitrogens is 2. The average Bonchev–Trinajstić information content (AvgIpc) is 3.15. The van der Waals surface area contributed by atoms with Crippen LogP contribution in [0.25, 0.3) is 10.9 Å². The van der Waals surface area contributed by atoms with Gasteiger partial charge in [0.15, 0.2) is 5.69 Å². The molecule has 0 radical (unpaired) electrons. The van der Waals surface area contributed by atoms with Crippen LogP contribution in [-0.4, -0.2) is 71.8 Å². The molecule has 1 aromatic carbocycles. The van der Waals surface area contributed by atoms with Crippen LogP contribution >= 0.6 is 0 Å². The second kappa shape index (κ2) is 8.40. The molecule has 2 aliphatic heterocycles. The van der Waals surface area contributed by atoms with Crippen LogP contribution in [0.5, 0.6) is 0 Å². The second-order valence-electron chi connectivity index (χ2n) is 7.86. The molecule has 3 heterocycles. The molecule has 0 saturated carbocycles. The minimum atomic E-state index is 0.0115. The van der Waals surface area contributed by atoms with Crippen molar-refractivity contribution in [3.05, 3.63) is 30.0 Å². The number of carbonyl (C=O) groups excluding carboxylic acids is 1. The number of aromatic amines is 1. The molecule has 0 unspecified atom stereocenters. The lowest BCUT2D eigenvalue weighted by atomic mass is 9.83. The number of methoxy groups -OCH3 is 1. The Bertz CT molecular complexity index is 772. The van der Waals surface area contributed by atoms with Crippen molar-refractivity contribution in [3.8, 4) is 0 Å². The number of hydrogen-bond acceptors (Lipinski definition) is 4. The van der Waals surface area contributed by atoms with Gasteiger partial charge in [-0.1, -0.05) is 24.6 Å². The molecular formula is C21H30N4O2. The zero-order valence-corrected chi connectivity index (χ0v) is 16.2. The number of para-hydroxylation sites is 1. The fourth-order valence-corrected chi connectivity index (χ4v) is 4.83. The largest absolute Gasteiger partial charge is 0.383 e. The Balaban J connectivity index is 1.54. The second-order valence-corrected chi connectivity index (χ2v) is 7.86. The summed E-state index contributed by atoms with van der Waals surface area (Å²) in [6.45, 7) is 4.40. The molecule has 2 saturated heterocycles. The highest BCUT2D eigenvalue weighted by molar-refractivity contribution is 6.04. The molecule has 1 amide bonds. The van der Waals surface area contributed by atoms with Gasteiger partial charge in [-0.2, -0.15) is 5.10 Å². The van der Waals surface area contributed by atoms with E-state index in [1.54, 1.807) is 7.11 Å². The van der Waals surface area contributed by atoms with Gasteiger partial charge in [-0.15, -0.1) is 0 Å². The van der Waals surface area contributed by atoms with Gasteiger partial charge < -0.3 is 14.5 Å². The van der Waals surface area contributed by atoms with Crippen molar-refractivity contribution in [1.29, 1.82) is 0 Å². The summed E-state index contributed by atoms with van der Waals surface area (Å²) in [5.41, 5.74) is 1.43. The van der Waals surface area contributed by atoms with Crippen LogP contribution in [0.2, 0.25) is 0 Å². The van der Waals surface area contributed by atoms with E-state index in [-0.39, 0.29) is 5.91 Å². The molecule has 27 heavy (non-hydrogen) atoms. The average molecular weight is 370 g/mol. The Morgan fingerprint density at radius 3 is 3.00 bits per heavy atom. The monoisotopic (exact) mass is 370 g/mol. The van der Waals surface area contributed by atoms with Gasteiger partial charge >= 0.3 is 0 Å². The van der Waals surface area contributed by atoms with E-state index in [1.807, 2.05) is 29.2 Å². The molecule has 2 aromatic rings. The number of fused-ring (bicyclic) bond motifs is 2. The summed E-state index contributed by atoms with van der Waals surface area (Å²) in [6, 6.07) is 8.46. The first-order valence-electron chi connectivity index (χ1n) is 10.2. The van der Waals surface area contributed by atoms with Crippen LogP contribution in [0, 0.1) is 5.92 Å². The minimum absolute atomic E-state index is 0.0115. The molecule has 2 fully saturated rings. The topological polar surface area (TPSA) is 61.5 Å². The highest BCUT2D eigenvalue weighted by atomic mass is 16.5. The van der Waals surface area contributed by atoms with Gasteiger partial charge in [0.2, 0.25) is 0 Å². The number of H-pyrrole nitrogens is 1. The first-order chi connectivity index (χ1) is 13.3. The SMILES string of the molecule is COCCN(C[C@H]1CCCN2CCCC[C@@H]12)C(=O)c1n[nH]c2ccccc12. The number of hydrogen-bond donors (Lipinski definition) is 1. The molecule has 4 rings (SSSR count). The predicted octanol–water partition coefficient (Wildman–Crippen LogP) is 2.92. The number of rotatable bonds is 6. The smallest absolute Gasteiger partial charge is 0.275 e. The van der Waals surface area contributed by atoms with Gasteiger partial charge in [-0.3, -0.25) is 9.89 Å². The Morgan fingerprint density at radius 2 is 2.11 bits per heavy atom. The lowest BCUT2D eigenvalue weighted by Gasteiger charge is -2.45. The summed E-state index contributed by atoms with van der Waals surface area (Å²) in [5, 5.41) is 8.22.